The van der Waals surface area contributed by atoms with Crippen LogP contribution in [0, 0.1) is 6.92 Å². The van der Waals surface area contributed by atoms with Crippen LogP contribution >= 0.6 is 0 Å². The van der Waals surface area contributed by atoms with Crippen molar-refractivity contribution >= 4 is 44.6 Å². The zero-order valence-corrected chi connectivity index (χ0v) is 32.9. The van der Waals surface area contributed by atoms with Gasteiger partial charge in [-0.2, -0.15) is 0 Å². The average Bonchev–Trinajstić information content (AvgIpc) is 3.73. The molecule has 0 spiro atoms. The number of hydrogen-bond acceptors (Lipinski definition) is 7. The van der Waals surface area contributed by atoms with Gasteiger partial charge in [0, 0.05) is 51.3 Å². The number of ether oxygens (including phenoxy) is 1. The molecule has 0 atom stereocenters. The normalized spacial score (nSPS) is 13.1. The number of anilines is 4. The van der Waals surface area contributed by atoms with Crippen LogP contribution in [0.5, 0.6) is 11.5 Å². The van der Waals surface area contributed by atoms with Crippen LogP contribution in [0.3, 0.4) is 0 Å². The van der Waals surface area contributed by atoms with Crippen molar-refractivity contribution in [2.24, 2.45) is 0 Å². The summed E-state index contributed by atoms with van der Waals surface area (Å²) in [5.41, 5.74) is 7.95. The minimum atomic E-state index is -0.301. The zero-order valence-electron chi connectivity index (χ0n) is 32.9. The van der Waals surface area contributed by atoms with Gasteiger partial charge in [0.2, 0.25) is 0 Å². The topological polar surface area (TPSA) is 72.2 Å². The largest absolute Gasteiger partial charge is 0.456 e. The van der Waals surface area contributed by atoms with E-state index in [1.165, 1.54) is 5.56 Å². The molecule has 1 aliphatic heterocycles. The van der Waals surface area contributed by atoms with Gasteiger partial charge in [0.15, 0.2) is 5.82 Å². The third kappa shape index (κ3) is 6.31. The summed E-state index contributed by atoms with van der Waals surface area (Å²) in [5, 5.41) is 2.16. The number of aryl methyl sites for hydroxylation is 1. The van der Waals surface area contributed by atoms with E-state index in [9.17, 15) is 0 Å². The third-order valence-corrected chi connectivity index (χ3v) is 10.3. The quantitative estimate of drug-likeness (QED) is 0.168. The van der Waals surface area contributed by atoms with E-state index in [2.05, 4.69) is 166 Å². The number of aromatic nitrogens is 5. The Morgan fingerprint density at radius 1 is 0.571 bits per heavy atom. The number of nitrogens with zero attached hydrogens (tertiary/aromatic N) is 7. The second kappa shape index (κ2) is 13.3. The molecule has 0 N–H and O–H groups in total. The first-order valence-electron chi connectivity index (χ1n) is 19.2. The molecule has 9 rings (SSSR count). The number of hydrogen-bond donors (Lipinski definition) is 0. The van der Waals surface area contributed by atoms with Gasteiger partial charge in [0.25, 0.3) is 0 Å². The van der Waals surface area contributed by atoms with Gasteiger partial charge in [0.05, 0.1) is 28.0 Å². The maximum absolute atomic E-state index is 7.05. The summed E-state index contributed by atoms with van der Waals surface area (Å²) >= 11 is 0. The van der Waals surface area contributed by atoms with E-state index in [1.54, 1.807) is 0 Å². The van der Waals surface area contributed by atoms with Crippen LogP contribution in [0.15, 0.2) is 134 Å². The van der Waals surface area contributed by atoms with Crippen LogP contribution < -0.4 is 14.5 Å². The second-order valence-corrected chi connectivity index (χ2v) is 16.6. The number of para-hydroxylation sites is 3. The van der Waals surface area contributed by atoms with E-state index in [0.29, 0.717) is 24.0 Å². The summed E-state index contributed by atoms with van der Waals surface area (Å²) in [5.74, 6) is 4.24. The molecule has 56 heavy (non-hydrogen) atoms. The predicted molar refractivity (Wildman–Crippen MR) is 228 cm³/mol. The summed E-state index contributed by atoms with van der Waals surface area (Å²) < 4.78 is 9.25. The Kier molecular flexibility index (Phi) is 8.38. The third-order valence-electron chi connectivity index (χ3n) is 10.3. The van der Waals surface area contributed by atoms with Gasteiger partial charge in [-0.15, -0.1) is 0 Å². The minimum absolute atomic E-state index is 0.301. The van der Waals surface area contributed by atoms with Crippen molar-refractivity contribution in [3.8, 4) is 28.7 Å². The Hall–Kier alpha value is -6.54. The molecule has 5 aromatic carbocycles. The smallest absolute Gasteiger partial charge is 0.167 e. The minimum Gasteiger partial charge on any atom is -0.456 e. The van der Waals surface area contributed by atoms with Crippen molar-refractivity contribution in [3.05, 3.63) is 151 Å². The first kappa shape index (κ1) is 35.2. The molecule has 0 saturated heterocycles. The number of pyridine rings is 1. The summed E-state index contributed by atoms with van der Waals surface area (Å²) in [7, 11) is 0. The molecule has 0 fully saturated rings. The van der Waals surface area contributed by atoms with Gasteiger partial charge in [0.1, 0.15) is 35.6 Å². The van der Waals surface area contributed by atoms with Gasteiger partial charge in [-0.05, 0) is 67.6 Å². The van der Waals surface area contributed by atoms with E-state index in [4.69, 9.17) is 24.7 Å². The van der Waals surface area contributed by atoms with Crippen LogP contribution in [-0.2, 0) is 10.8 Å². The number of rotatable bonds is 6. The Labute approximate surface area is 328 Å². The van der Waals surface area contributed by atoms with Crippen molar-refractivity contribution in [2.75, 3.05) is 16.5 Å². The fourth-order valence-electron chi connectivity index (χ4n) is 7.38. The van der Waals surface area contributed by atoms with Crippen molar-refractivity contribution in [2.45, 2.75) is 59.3 Å². The highest BCUT2D eigenvalue weighted by atomic mass is 16.5. The highest BCUT2D eigenvalue weighted by Crippen LogP contribution is 2.46. The summed E-state index contributed by atoms with van der Waals surface area (Å²) in [6, 6.07) is 44.3. The summed E-state index contributed by atoms with van der Waals surface area (Å²) in [6.07, 6.45) is 1.83. The van der Waals surface area contributed by atoms with Gasteiger partial charge in [-0.3, -0.25) is 4.57 Å². The standard InChI is InChI=1S/C48H45N7O/c1-31-22-24-32(25-23-31)53-30-54(40-20-11-10-19-39(40)53)33-15-14-16-34(27-33)56-42-29-41-36(35-17-8-9-18-38(35)55(41)43-21-12-13-26-49-43)28-37(42)44-50-45(47(2,3)4)52-46(51-44)48(5,6)7/h8-29H,30H2,1-7H3. The fraction of sp³-hybridized carbons (Fsp3) is 0.208. The van der Waals surface area contributed by atoms with E-state index >= 15 is 0 Å². The Morgan fingerprint density at radius 2 is 1.23 bits per heavy atom. The lowest BCUT2D eigenvalue weighted by Gasteiger charge is -2.23. The van der Waals surface area contributed by atoms with Crippen LogP contribution in [0.1, 0.15) is 58.8 Å². The summed E-state index contributed by atoms with van der Waals surface area (Å²) in [4.78, 5) is 24.8. The van der Waals surface area contributed by atoms with Gasteiger partial charge in [-0.1, -0.05) is 102 Å². The lowest BCUT2D eigenvalue weighted by molar-refractivity contribution is 0.481. The van der Waals surface area contributed by atoms with Crippen molar-refractivity contribution in [1.82, 2.24) is 24.5 Å². The molecule has 8 aromatic rings. The van der Waals surface area contributed by atoms with Crippen LogP contribution in [0.2, 0.25) is 0 Å². The zero-order chi connectivity index (χ0) is 38.8. The lowest BCUT2D eigenvalue weighted by atomic mass is 9.93. The molecule has 278 valence electrons. The molecule has 4 heterocycles. The summed E-state index contributed by atoms with van der Waals surface area (Å²) in [6.45, 7) is 15.6. The van der Waals surface area contributed by atoms with Crippen LogP contribution in [0.4, 0.5) is 22.7 Å². The predicted octanol–water partition coefficient (Wildman–Crippen LogP) is 12.0. The molecule has 0 saturated carbocycles. The molecular weight excluding hydrogens is 691 g/mol. The SMILES string of the molecule is Cc1ccc(N2CN(c3cccc(Oc4cc5c(cc4-c4nc(C(C)(C)C)nc(C(C)(C)C)n4)c4ccccc4n5-c4ccccn4)c3)c3ccccc32)cc1. The molecule has 8 nitrogen and oxygen atoms in total. The monoisotopic (exact) mass is 735 g/mol. The van der Waals surface area contributed by atoms with Gasteiger partial charge < -0.3 is 14.5 Å². The van der Waals surface area contributed by atoms with Gasteiger partial charge >= 0.3 is 0 Å². The molecule has 3 aromatic heterocycles. The van der Waals surface area contributed by atoms with Crippen molar-refractivity contribution in [1.29, 1.82) is 0 Å². The molecule has 0 unspecified atom stereocenters. The molecule has 0 aliphatic carbocycles. The second-order valence-electron chi connectivity index (χ2n) is 16.6. The van der Waals surface area contributed by atoms with Crippen molar-refractivity contribution in [3.63, 3.8) is 0 Å². The number of fused-ring (bicyclic) bond motifs is 4. The average molecular weight is 736 g/mol. The van der Waals surface area contributed by atoms with Crippen LogP contribution in [0.25, 0.3) is 39.0 Å². The first-order chi connectivity index (χ1) is 26.9. The molecular formula is C48H45N7O. The van der Waals surface area contributed by atoms with E-state index in [1.807, 2.05) is 30.5 Å². The molecule has 0 bridgehead atoms. The maximum atomic E-state index is 7.05. The highest BCUT2D eigenvalue weighted by molar-refractivity contribution is 6.11. The van der Waals surface area contributed by atoms with Crippen LogP contribution in [-0.4, -0.2) is 31.2 Å². The first-order valence-corrected chi connectivity index (χ1v) is 19.2. The van der Waals surface area contributed by atoms with Crippen molar-refractivity contribution < 1.29 is 4.74 Å². The van der Waals surface area contributed by atoms with E-state index in [-0.39, 0.29) is 10.8 Å². The highest BCUT2D eigenvalue weighted by Gasteiger charge is 2.30. The maximum Gasteiger partial charge on any atom is 0.167 e. The Bertz CT molecular complexity index is 2710. The molecule has 8 heteroatoms. The van der Waals surface area contributed by atoms with E-state index in [0.717, 1.165) is 67.6 Å². The molecule has 1 aliphatic rings. The van der Waals surface area contributed by atoms with E-state index < -0.39 is 0 Å². The molecule has 0 amide bonds. The van der Waals surface area contributed by atoms with Gasteiger partial charge in [-0.25, -0.2) is 19.9 Å². The molecule has 0 radical (unpaired) electrons. The Morgan fingerprint density at radius 3 is 1.91 bits per heavy atom. The lowest BCUT2D eigenvalue weighted by Crippen LogP contribution is -2.24. The number of benzene rings is 5. The fourth-order valence-corrected chi connectivity index (χ4v) is 7.38. The Balaban J connectivity index is 1.22.